The zero-order chi connectivity index (χ0) is 41.5. The molecular weight excluding hydrogens is 733 g/mol. The van der Waals surface area contributed by atoms with Crippen LogP contribution >= 0.6 is 0 Å². The van der Waals surface area contributed by atoms with Crippen molar-refractivity contribution in [2.24, 2.45) is 0 Å². The smallest absolute Gasteiger partial charge is 0.135 e. The van der Waals surface area contributed by atoms with Gasteiger partial charge in [-0.15, -0.1) is 0 Å². The molecule has 0 aromatic heterocycles. The first kappa shape index (κ1) is 39.0. The first-order valence-corrected chi connectivity index (χ1v) is 19.8. The number of ether oxygens (including phenoxy) is 4. The van der Waals surface area contributed by atoms with Gasteiger partial charge in [0, 0.05) is 46.4 Å². The number of hydrogen-bond donors (Lipinski definition) is 6. The molecule has 0 aliphatic carbocycles. The van der Waals surface area contributed by atoms with Crippen molar-refractivity contribution in [1.82, 2.24) is 10.6 Å². The molecule has 2 aliphatic rings. The third-order valence-corrected chi connectivity index (χ3v) is 12.1. The predicted octanol–water partition coefficient (Wildman–Crippen LogP) is 9.66. The van der Waals surface area contributed by atoms with E-state index in [1.807, 2.05) is 50.2 Å². The summed E-state index contributed by atoms with van der Waals surface area (Å²) in [6, 6.07) is 15.0. The summed E-state index contributed by atoms with van der Waals surface area (Å²) in [5.74, 6) is 1.62. The molecule has 6 aromatic rings. The number of rotatable bonds is 7. The molecule has 2 heterocycles. The van der Waals surface area contributed by atoms with Gasteiger partial charge in [-0.2, -0.15) is 0 Å². The summed E-state index contributed by atoms with van der Waals surface area (Å²) >= 11 is 0. The van der Waals surface area contributed by atoms with Crippen molar-refractivity contribution in [1.29, 1.82) is 0 Å². The number of phenols is 4. The molecule has 0 bridgehead atoms. The third-order valence-electron chi connectivity index (χ3n) is 12.1. The standard InChI is InChI=1S/C48H52N2O8/c1-21-11-29-31(41-35(51)17-27-15-23(3)49-25(5)39(27)47(41)57-9)19-33(45(53)43(29)37(13-21)55-7)34-20-32(30-12-22(2)14-38(56-8)44(30)46(34)54)42-36(52)18-28-16-24(4)50-26(6)40(28)48(42)58-10/h11-14,17-20,23-26,49-54H,15-16H2,1-10H3/t23-,24-,25+,26+/m0/s1. The summed E-state index contributed by atoms with van der Waals surface area (Å²) in [4.78, 5) is 0. The maximum atomic E-state index is 12.5. The molecule has 10 nitrogen and oxygen atoms in total. The van der Waals surface area contributed by atoms with Crippen LogP contribution in [0.1, 0.15) is 73.2 Å². The highest BCUT2D eigenvalue weighted by Gasteiger charge is 2.33. The van der Waals surface area contributed by atoms with Gasteiger partial charge in [0.05, 0.1) is 50.3 Å². The summed E-state index contributed by atoms with van der Waals surface area (Å²) in [6.45, 7) is 12.3. The average molecular weight is 785 g/mol. The lowest BCUT2D eigenvalue weighted by molar-refractivity contribution is 0.377. The van der Waals surface area contributed by atoms with Crippen LogP contribution in [0.3, 0.4) is 0 Å². The van der Waals surface area contributed by atoms with Gasteiger partial charge in [-0.3, -0.25) is 0 Å². The summed E-state index contributed by atoms with van der Waals surface area (Å²) in [6.07, 6.45) is 1.42. The lowest BCUT2D eigenvalue weighted by Crippen LogP contribution is -2.36. The lowest BCUT2D eigenvalue weighted by Gasteiger charge is -2.32. The molecule has 58 heavy (non-hydrogen) atoms. The van der Waals surface area contributed by atoms with E-state index in [0.717, 1.165) is 33.4 Å². The number of benzene rings is 6. The van der Waals surface area contributed by atoms with Crippen LogP contribution in [0, 0.1) is 13.8 Å². The van der Waals surface area contributed by atoms with Gasteiger partial charge in [-0.25, -0.2) is 0 Å². The molecule has 0 spiro atoms. The highest BCUT2D eigenvalue weighted by molar-refractivity contribution is 6.14. The fourth-order valence-corrected chi connectivity index (χ4v) is 9.87. The minimum absolute atomic E-state index is 0.0247. The molecule has 0 amide bonds. The van der Waals surface area contributed by atoms with Crippen molar-refractivity contribution in [3.05, 3.63) is 81.9 Å². The fraction of sp³-hybridized carbons (Fsp3) is 0.333. The minimum atomic E-state index is -0.143. The fourth-order valence-electron chi connectivity index (χ4n) is 9.87. The van der Waals surface area contributed by atoms with Crippen LogP contribution in [0.4, 0.5) is 0 Å². The van der Waals surface area contributed by atoms with Gasteiger partial charge in [-0.1, -0.05) is 12.1 Å². The molecule has 0 fully saturated rings. The van der Waals surface area contributed by atoms with Gasteiger partial charge in [0.25, 0.3) is 0 Å². The third kappa shape index (κ3) is 6.00. The molecule has 2 aliphatic heterocycles. The molecule has 0 saturated carbocycles. The molecule has 0 unspecified atom stereocenters. The molecule has 6 N–H and O–H groups in total. The van der Waals surface area contributed by atoms with Gasteiger partial charge in [-0.05, 0) is 135 Å². The van der Waals surface area contributed by atoms with Crippen LogP contribution in [0.2, 0.25) is 0 Å². The zero-order valence-corrected chi connectivity index (χ0v) is 34.8. The van der Waals surface area contributed by atoms with Crippen LogP contribution < -0.4 is 29.6 Å². The van der Waals surface area contributed by atoms with Crippen LogP contribution in [0.5, 0.6) is 46.0 Å². The van der Waals surface area contributed by atoms with E-state index in [0.29, 0.717) is 79.6 Å². The number of aryl methyl sites for hydroxylation is 2. The molecule has 0 saturated heterocycles. The number of fused-ring (bicyclic) bond motifs is 4. The van der Waals surface area contributed by atoms with Gasteiger partial charge < -0.3 is 50.0 Å². The van der Waals surface area contributed by atoms with Gasteiger partial charge in [0.15, 0.2) is 0 Å². The minimum Gasteiger partial charge on any atom is -0.507 e. The summed E-state index contributed by atoms with van der Waals surface area (Å²) in [5.41, 5.74) is 8.16. The zero-order valence-electron chi connectivity index (χ0n) is 34.8. The largest absolute Gasteiger partial charge is 0.507 e. The quantitative estimate of drug-likeness (QED) is 0.0927. The van der Waals surface area contributed by atoms with Crippen molar-refractivity contribution in [2.45, 2.75) is 78.6 Å². The molecule has 8 rings (SSSR count). The number of methoxy groups -OCH3 is 4. The number of aromatic hydroxyl groups is 4. The molecule has 4 atom stereocenters. The highest BCUT2D eigenvalue weighted by atomic mass is 16.5. The van der Waals surface area contributed by atoms with Crippen LogP contribution in [-0.4, -0.2) is 60.9 Å². The molecule has 0 radical (unpaired) electrons. The summed E-state index contributed by atoms with van der Waals surface area (Å²) in [7, 11) is 6.30. The Balaban J connectivity index is 1.53. The Hall–Kier alpha value is -5.84. The van der Waals surface area contributed by atoms with E-state index < -0.39 is 0 Å². The van der Waals surface area contributed by atoms with E-state index in [-0.39, 0.29) is 58.3 Å². The van der Waals surface area contributed by atoms with Crippen molar-refractivity contribution >= 4 is 21.5 Å². The number of hydrogen-bond acceptors (Lipinski definition) is 10. The molecular formula is C48H52N2O8. The number of nitrogens with one attached hydrogen (secondary N) is 2. The highest BCUT2D eigenvalue weighted by Crippen LogP contribution is 2.57. The van der Waals surface area contributed by atoms with E-state index in [9.17, 15) is 20.4 Å². The van der Waals surface area contributed by atoms with Crippen molar-refractivity contribution in [3.63, 3.8) is 0 Å². The van der Waals surface area contributed by atoms with E-state index >= 15 is 0 Å². The Morgan fingerprint density at radius 3 is 1.22 bits per heavy atom. The monoisotopic (exact) mass is 784 g/mol. The van der Waals surface area contributed by atoms with Crippen molar-refractivity contribution in [2.75, 3.05) is 28.4 Å². The van der Waals surface area contributed by atoms with Crippen molar-refractivity contribution < 1.29 is 39.4 Å². The molecule has 10 heteroatoms. The number of phenolic OH excluding ortho intramolecular Hbond substituents is 4. The molecule has 6 aromatic carbocycles. The Kier molecular flexibility index (Phi) is 9.76. The topological polar surface area (TPSA) is 142 Å². The van der Waals surface area contributed by atoms with Crippen LogP contribution in [0.15, 0.2) is 48.5 Å². The second kappa shape index (κ2) is 14.5. The van der Waals surface area contributed by atoms with E-state index in [2.05, 4.69) is 38.3 Å². The summed E-state index contributed by atoms with van der Waals surface area (Å²) in [5, 5.41) is 58.3. The van der Waals surface area contributed by atoms with Crippen LogP contribution in [0.25, 0.3) is 54.9 Å². The maximum Gasteiger partial charge on any atom is 0.135 e. The Bertz CT molecular complexity index is 2490. The Morgan fingerprint density at radius 1 is 0.500 bits per heavy atom. The van der Waals surface area contributed by atoms with E-state index in [1.165, 1.54) is 0 Å². The Morgan fingerprint density at radius 2 is 0.879 bits per heavy atom. The van der Waals surface area contributed by atoms with Gasteiger partial charge in [0.1, 0.15) is 46.0 Å². The first-order valence-electron chi connectivity index (χ1n) is 19.8. The second-order valence-corrected chi connectivity index (χ2v) is 16.2. The van der Waals surface area contributed by atoms with Crippen molar-refractivity contribution in [3.8, 4) is 79.4 Å². The summed E-state index contributed by atoms with van der Waals surface area (Å²) < 4.78 is 24.2. The Labute approximate surface area is 339 Å². The van der Waals surface area contributed by atoms with Gasteiger partial charge in [0.2, 0.25) is 0 Å². The molecule has 302 valence electrons. The van der Waals surface area contributed by atoms with E-state index in [4.69, 9.17) is 18.9 Å². The average Bonchev–Trinajstić information content (AvgIpc) is 3.16. The second-order valence-electron chi connectivity index (χ2n) is 16.2. The maximum absolute atomic E-state index is 12.5. The van der Waals surface area contributed by atoms with Crippen LogP contribution in [-0.2, 0) is 12.8 Å². The SMILES string of the molecule is COc1c(-c2cc(-c3cc(-c4c(O)cc5c(c4OC)[C@@H](C)N[C@@H](C)C5)c4cc(C)cc(OC)c4c3O)c(O)c3c(OC)cc(C)cc23)c(O)cc2c1[C@@H](C)N[C@@H](C)C2. The predicted molar refractivity (Wildman–Crippen MR) is 230 cm³/mol. The van der Waals surface area contributed by atoms with E-state index in [1.54, 1.807) is 40.6 Å². The first-order chi connectivity index (χ1) is 27.7. The van der Waals surface area contributed by atoms with Gasteiger partial charge >= 0.3 is 0 Å². The normalized spacial score (nSPS) is 18.9. The lowest BCUT2D eigenvalue weighted by atomic mass is 9.82.